The third-order valence-corrected chi connectivity index (χ3v) is 4.90. The van der Waals surface area contributed by atoms with E-state index in [0.717, 1.165) is 51.2 Å². The summed E-state index contributed by atoms with van der Waals surface area (Å²) in [5.41, 5.74) is 0. The normalized spacial score (nSPS) is 21.9. The molecule has 27 heavy (non-hydrogen) atoms. The summed E-state index contributed by atoms with van der Waals surface area (Å²) in [4.78, 5) is 16.5. The lowest BCUT2D eigenvalue weighted by atomic mass is 10.2. The molecular formula is C19H27F2N3O3. The van der Waals surface area contributed by atoms with Crippen molar-refractivity contribution >= 4 is 6.03 Å². The van der Waals surface area contributed by atoms with Gasteiger partial charge in [-0.2, -0.15) is 0 Å². The van der Waals surface area contributed by atoms with Crippen LogP contribution in [0.1, 0.15) is 19.8 Å². The molecule has 0 aromatic heterocycles. The molecule has 2 aliphatic rings. The molecule has 2 amide bonds. The predicted molar refractivity (Wildman–Crippen MR) is 96.8 cm³/mol. The molecule has 0 saturated carbocycles. The summed E-state index contributed by atoms with van der Waals surface area (Å²) in [6.45, 7) is 6.67. The minimum Gasteiger partial charge on any atom is -0.488 e. The molecule has 2 aliphatic heterocycles. The number of nitrogens with zero attached hydrogens (tertiary/aromatic N) is 2. The molecule has 0 bridgehead atoms. The van der Waals surface area contributed by atoms with Crippen molar-refractivity contribution in [1.29, 1.82) is 0 Å². The van der Waals surface area contributed by atoms with Gasteiger partial charge in [0.15, 0.2) is 11.6 Å². The second-order valence-electron chi connectivity index (χ2n) is 7.16. The largest absolute Gasteiger partial charge is 0.488 e. The molecule has 2 unspecified atom stereocenters. The molecule has 8 heteroatoms. The fourth-order valence-electron chi connectivity index (χ4n) is 3.36. The van der Waals surface area contributed by atoms with Crippen LogP contribution in [0.3, 0.4) is 0 Å². The summed E-state index contributed by atoms with van der Waals surface area (Å²) in [5, 5.41) is 2.86. The molecule has 2 heterocycles. The lowest BCUT2D eigenvalue weighted by Gasteiger charge is -2.36. The van der Waals surface area contributed by atoms with Crippen molar-refractivity contribution in [3.63, 3.8) is 0 Å². The van der Waals surface area contributed by atoms with Crippen molar-refractivity contribution in [2.75, 3.05) is 45.9 Å². The maximum absolute atomic E-state index is 13.6. The minimum atomic E-state index is -0.754. The van der Waals surface area contributed by atoms with Gasteiger partial charge >= 0.3 is 6.03 Å². The van der Waals surface area contributed by atoms with Crippen LogP contribution in [0.2, 0.25) is 0 Å². The van der Waals surface area contributed by atoms with Gasteiger partial charge in [0.2, 0.25) is 0 Å². The molecular weight excluding hydrogens is 356 g/mol. The zero-order valence-corrected chi connectivity index (χ0v) is 15.6. The Balaban J connectivity index is 1.37. The highest BCUT2D eigenvalue weighted by Crippen LogP contribution is 2.18. The van der Waals surface area contributed by atoms with Crippen molar-refractivity contribution in [2.45, 2.75) is 31.9 Å². The molecule has 1 aromatic carbocycles. The average Bonchev–Trinajstić information content (AvgIpc) is 3.14. The highest BCUT2D eigenvalue weighted by Gasteiger charge is 2.25. The SMILES string of the molecule is CC(COc1ccc(F)cc1F)NC(=O)N1CCN(CC2CCCO2)CC1. The Labute approximate surface area is 158 Å². The molecule has 1 aromatic rings. The van der Waals surface area contributed by atoms with E-state index in [1.54, 1.807) is 11.8 Å². The Kier molecular flexibility index (Phi) is 6.84. The van der Waals surface area contributed by atoms with Crippen molar-refractivity contribution in [3.05, 3.63) is 29.8 Å². The Morgan fingerprint density at radius 2 is 2.11 bits per heavy atom. The Bertz CT molecular complexity index is 633. The third-order valence-electron chi connectivity index (χ3n) is 4.90. The number of carbonyl (C=O) groups is 1. The van der Waals surface area contributed by atoms with Crippen molar-refractivity contribution in [3.8, 4) is 5.75 Å². The van der Waals surface area contributed by atoms with E-state index in [2.05, 4.69) is 10.2 Å². The number of hydrogen-bond acceptors (Lipinski definition) is 4. The fourth-order valence-corrected chi connectivity index (χ4v) is 3.36. The topological polar surface area (TPSA) is 54.0 Å². The summed E-state index contributed by atoms with van der Waals surface area (Å²) in [6.07, 6.45) is 2.58. The van der Waals surface area contributed by atoms with Crippen LogP contribution in [0.5, 0.6) is 5.75 Å². The van der Waals surface area contributed by atoms with E-state index in [1.165, 1.54) is 6.07 Å². The molecule has 3 rings (SSSR count). The molecule has 0 radical (unpaired) electrons. The van der Waals surface area contributed by atoms with E-state index in [-0.39, 0.29) is 24.4 Å². The lowest BCUT2D eigenvalue weighted by molar-refractivity contribution is 0.0557. The van der Waals surface area contributed by atoms with E-state index in [4.69, 9.17) is 9.47 Å². The predicted octanol–water partition coefficient (Wildman–Crippen LogP) is 2.24. The van der Waals surface area contributed by atoms with E-state index in [9.17, 15) is 13.6 Å². The molecule has 150 valence electrons. The fraction of sp³-hybridized carbons (Fsp3) is 0.632. The molecule has 2 fully saturated rings. The number of piperazine rings is 1. The van der Waals surface area contributed by atoms with Crippen LogP contribution in [0.25, 0.3) is 0 Å². The maximum Gasteiger partial charge on any atom is 0.317 e. The molecule has 1 N–H and O–H groups in total. The number of carbonyl (C=O) groups excluding carboxylic acids is 1. The third kappa shape index (κ3) is 5.77. The highest BCUT2D eigenvalue weighted by molar-refractivity contribution is 5.74. The zero-order valence-electron chi connectivity index (χ0n) is 15.6. The second-order valence-corrected chi connectivity index (χ2v) is 7.16. The minimum absolute atomic E-state index is 0.0276. The van der Waals surface area contributed by atoms with Gasteiger partial charge in [0.05, 0.1) is 12.1 Å². The Morgan fingerprint density at radius 1 is 1.33 bits per heavy atom. The summed E-state index contributed by atoms with van der Waals surface area (Å²) < 4.78 is 37.5. The summed E-state index contributed by atoms with van der Waals surface area (Å²) in [6, 6.07) is 2.70. The maximum atomic E-state index is 13.6. The number of nitrogens with one attached hydrogen (secondary N) is 1. The number of ether oxygens (including phenoxy) is 2. The standard InChI is InChI=1S/C19H27F2N3O3/c1-14(13-27-18-5-4-15(20)11-17(18)21)22-19(25)24-8-6-23(7-9-24)12-16-3-2-10-26-16/h4-5,11,14,16H,2-3,6-10,12-13H2,1H3,(H,22,25). The lowest BCUT2D eigenvalue weighted by Crippen LogP contribution is -2.54. The van der Waals surface area contributed by atoms with Crippen LogP contribution < -0.4 is 10.1 Å². The van der Waals surface area contributed by atoms with E-state index in [1.807, 2.05) is 0 Å². The molecule has 6 nitrogen and oxygen atoms in total. The van der Waals surface area contributed by atoms with Crippen LogP contribution >= 0.6 is 0 Å². The second kappa shape index (κ2) is 9.32. The van der Waals surface area contributed by atoms with Gasteiger partial charge in [-0.25, -0.2) is 13.6 Å². The first-order valence-corrected chi connectivity index (χ1v) is 9.48. The van der Waals surface area contributed by atoms with E-state index in [0.29, 0.717) is 19.2 Å². The van der Waals surface area contributed by atoms with Crippen molar-refractivity contribution < 1.29 is 23.0 Å². The van der Waals surface area contributed by atoms with Gasteiger partial charge in [-0.05, 0) is 31.9 Å². The quantitative estimate of drug-likeness (QED) is 0.819. The average molecular weight is 383 g/mol. The number of halogens is 2. The van der Waals surface area contributed by atoms with Crippen LogP contribution in [0.15, 0.2) is 18.2 Å². The molecule has 2 atom stereocenters. The zero-order chi connectivity index (χ0) is 19.2. The molecule has 2 saturated heterocycles. The van der Waals surface area contributed by atoms with Crippen molar-refractivity contribution in [1.82, 2.24) is 15.1 Å². The van der Waals surface area contributed by atoms with Gasteiger partial charge in [0.25, 0.3) is 0 Å². The van der Waals surface area contributed by atoms with Gasteiger partial charge in [0.1, 0.15) is 12.4 Å². The van der Waals surface area contributed by atoms with Crippen molar-refractivity contribution in [2.24, 2.45) is 0 Å². The number of rotatable bonds is 6. The van der Waals surface area contributed by atoms with Crippen LogP contribution in [-0.4, -0.2) is 73.9 Å². The Hall–Kier alpha value is -1.93. The van der Waals surface area contributed by atoms with Gasteiger partial charge in [-0.1, -0.05) is 0 Å². The van der Waals surface area contributed by atoms with Crippen LogP contribution in [0, 0.1) is 11.6 Å². The number of amides is 2. The first-order chi connectivity index (χ1) is 13.0. The number of urea groups is 1. The van der Waals surface area contributed by atoms with Crippen LogP contribution in [0.4, 0.5) is 13.6 Å². The van der Waals surface area contributed by atoms with E-state index >= 15 is 0 Å². The highest BCUT2D eigenvalue weighted by atomic mass is 19.1. The van der Waals surface area contributed by atoms with E-state index < -0.39 is 11.6 Å². The first kappa shape index (κ1) is 19.8. The summed E-state index contributed by atoms with van der Waals surface area (Å²) >= 11 is 0. The molecule has 0 spiro atoms. The van der Waals surface area contributed by atoms with Gasteiger partial charge in [-0.15, -0.1) is 0 Å². The van der Waals surface area contributed by atoms with Gasteiger partial charge in [0, 0.05) is 45.4 Å². The smallest absolute Gasteiger partial charge is 0.317 e. The summed E-state index contributed by atoms with van der Waals surface area (Å²) in [7, 11) is 0. The number of hydrogen-bond donors (Lipinski definition) is 1. The first-order valence-electron chi connectivity index (χ1n) is 9.48. The summed E-state index contributed by atoms with van der Waals surface area (Å²) in [5.74, 6) is -1.43. The Morgan fingerprint density at radius 3 is 2.78 bits per heavy atom. The monoisotopic (exact) mass is 383 g/mol. The van der Waals surface area contributed by atoms with Crippen LogP contribution in [-0.2, 0) is 4.74 Å². The number of benzene rings is 1. The van der Waals surface area contributed by atoms with Gasteiger partial charge in [-0.3, -0.25) is 4.90 Å². The van der Waals surface area contributed by atoms with Gasteiger partial charge < -0.3 is 19.7 Å². The molecule has 0 aliphatic carbocycles.